The number of ether oxygens (including phenoxy) is 1. The van der Waals surface area contributed by atoms with Crippen LogP contribution in [0.1, 0.15) is 12.0 Å². The molecule has 2 nitrogen and oxygen atoms in total. The highest BCUT2D eigenvalue weighted by atomic mass is 79.9. The van der Waals surface area contributed by atoms with Crippen LogP contribution < -0.4 is 5.32 Å². The summed E-state index contributed by atoms with van der Waals surface area (Å²) in [6.07, 6.45) is 1.10. The average molecular weight is 256 g/mol. The molecule has 1 aromatic rings. The van der Waals surface area contributed by atoms with Gasteiger partial charge in [-0.15, -0.1) is 0 Å². The Morgan fingerprint density at radius 3 is 3.07 bits per heavy atom. The van der Waals surface area contributed by atoms with E-state index in [0.717, 1.165) is 24.1 Å². The molecule has 3 heteroatoms. The fraction of sp³-hybridized carbons (Fsp3) is 0.455. The van der Waals surface area contributed by atoms with Crippen LogP contribution in [-0.4, -0.2) is 19.3 Å². The van der Waals surface area contributed by atoms with Gasteiger partial charge >= 0.3 is 0 Å². The summed E-state index contributed by atoms with van der Waals surface area (Å²) >= 11 is 3.52. The van der Waals surface area contributed by atoms with E-state index in [9.17, 15) is 0 Å². The fourth-order valence-electron chi connectivity index (χ4n) is 1.63. The zero-order chi connectivity index (χ0) is 9.97. The lowest BCUT2D eigenvalue weighted by Crippen LogP contribution is -2.19. The van der Waals surface area contributed by atoms with E-state index in [2.05, 4.69) is 46.4 Å². The Morgan fingerprint density at radius 1 is 1.50 bits per heavy atom. The SMILES string of the molecule is Cc1c(Br)cccc1NC1CCOC1. The summed E-state index contributed by atoms with van der Waals surface area (Å²) < 4.78 is 6.48. The molecule has 0 spiro atoms. The number of rotatable bonds is 2. The number of anilines is 1. The van der Waals surface area contributed by atoms with E-state index in [-0.39, 0.29) is 0 Å². The van der Waals surface area contributed by atoms with Gasteiger partial charge in [0.15, 0.2) is 0 Å². The minimum atomic E-state index is 0.475. The first kappa shape index (κ1) is 9.99. The molecule has 76 valence electrons. The summed E-state index contributed by atoms with van der Waals surface area (Å²) in [4.78, 5) is 0. The molecule has 0 radical (unpaired) electrons. The molecule has 0 aromatic heterocycles. The van der Waals surface area contributed by atoms with Crippen LogP contribution in [0.3, 0.4) is 0 Å². The van der Waals surface area contributed by atoms with Gasteiger partial charge in [-0.2, -0.15) is 0 Å². The largest absolute Gasteiger partial charge is 0.380 e. The lowest BCUT2D eigenvalue weighted by molar-refractivity contribution is 0.195. The molecule has 1 saturated heterocycles. The number of hydrogen-bond donors (Lipinski definition) is 1. The van der Waals surface area contributed by atoms with Crippen LogP contribution in [0.15, 0.2) is 22.7 Å². The van der Waals surface area contributed by atoms with Crippen molar-refractivity contribution in [2.24, 2.45) is 0 Å². The van der Waals surface area contributed by atoms with Crippen LogP contribution in [0.2, 0.25) is 0 Å². The number of benzene rings is 1. The summed E-state index contributed by atoms with van der Waals surface area (Å²) in [6, 6.07) is 6.70. The van der Waals surface area contributed by atoms with Gasteiger partial charge in [-0.05, 0) is 31.0 Å². The Bertz CT molecular complexity index is 321. The van der Waals surface area contributed by atoms with Gasteiger partial charge in [-0.1, -0.05) is 22.0 Å². The van der Waals surface area contributed by atoms with Crippen molar-refractivity contribution in [2.75, 3.05) is 18.5 Å². The topological polar surface area (TPSA) is 21.3 Å². The number of nitrogens with one attached hydrogen (secondary N) is 1. The van der Waals surface area contributed by atoms with Crippen molar-refractivity contribution in [1.29, 1.82) is 0 Å². The maximum Gasteiger partial charge on any atom is 0.0668 e. The predicted octanol–water partition coefficient (Wildman–Crippen LogP) is 2.96. The molecule has 1 atom stereocenters. The normalized spacial score (nSPS) is 21.1. The monoisotopic (exact) mass is 255 g/mol. The second-order valence-corrected chi connectivity index (χ2v) is 4.47. The Kier molecular flexibility index (Phi) is 3.08. The molecule has 0 saturated carbocycles. The number of hydrogen-bond acceptors (Lipinski definition) is 2. The van der Waals surface area contributed by atoms with Crippen LogP contribution in [0, 0.1) is 6.92 Å². The fourth-order valence-corrected chi connectivity index (χ4v) is 2.00. The highest BCUT2D eigenvalue weighted by molar-refractivity contribution is 9.10. The highest BCUT2D eigenvalue weighted by Crippen LogP contribution is 2.25. The lowest BCUT2D eigenvalue weighted by Gasteiger charge is -2.15. The zero-order valence-corrected chi connectivity index (χ0v) is 9.80. The standard InChI is InChI=1S/C11H14BrNO/c1-8-10(12)3-2-4-11(8)13-9-5-6-14-7-9/h2-4,9,13H,5-7H2,1H3. The number of halogens is 1. The third kappa shape index (κ3) is 2.10. The van der Waals surface area contributed by atoms with E-state index < -0.39 is 0 Å². The van der Waals surface area contributed by atoms with Gasteiger partial charge in [0.25, 0.3) is 0 Å². The van der Waals surface area contributed by atoms with Crippen molar-refractivity contribution in [3.05, 3.63) is 28.2 Å². The minimum absolute atomic E-state index is 0.475. The molecule has 1 heterocycles. The quantitative estimate of drug-likeness (QED) is 0.878. The van der Waals surface area contributed by atoms with Crippen molar-refractivity contribution in [3.63, 3.8) is 0 Å². The Hall–Kier alpha value is -0.540. The minimum Gasteiger partial charge on any atom is -0.380 e. The van der Waals surface area contributed by atoms with Crippen LogP contribution in [0.5, 0.6) is 0 Å². The third-order valence-electron chi connectivity index (χ3n) is 2.56. The maximum absolute atomic E-state index is 5.33. The first-order chi connectivity index (χ1) is 6.77. The molecule has 1 N–H and O–H groups in total. The molecule has 0 aliphatic carbocycles. The first-order valence-corrected chi connectivity index (χ1v) is 5.66. The van der Waals surface area contributed by atoms with Crippen molar-refractivity contribution in [1.82, 2.24) is 0 Å². The molecule has 1 aromatic carbocycles. The smallest absolute Gasteiger partial charge is 0.0668 e. The van der Waals surface area contributed by atoms with Gasteiger partial charge in [-0.25, -0.2) is 0 Å². The van der Waals surface area contributed by atoms with E-state index in [4.69, 9.17) is 4.74 Å². The summed E-state index contributed by atoms with van der Waals surface area (Å²) in [5, 5.41) is 3.49. The summed E-state index contributed by atoms with van der Waals surface area (Å²) in [5.41, 5.74) is 2.47. The third-order valence-corrected chi connectivity index (χ3v) is 3.42. The Labute approximate surface area is 92.8 Å². The average Bonchev–Trinajstić information content (AvgIpc) is 2.66. The van der Waals surface area contributed by atoms with Gasteiger partial charge in [0, 0.05) is 16.8 Å². The first-order valence-electron chi connectivity index (χ1n) is 4.87. The Morgan fingerprint density at radius 2 is 2.36 bits per heavy atom. The molecule has 0 amide bonds. The van der Waals surface area contributed by atoms with Crippen molar-refractivity contribution >= 4 is 21.6 Å². The zero-order valence-electron chi connectivity index (χ0n) is 8.22. The maximum atomic E-state index is 5.33. The van der Waals surface area contributed by atoms with E-state index in [1.807, 2.05) is 0 Å². The molecule has 0 bridgehead atoms. The predicted molar refractivity (Wildman–Crippen MR) is 61.7 cm³/mol. The van der Waals surface area contributed by atoms with Crippen molar-refractivity contribution < 1.29 is 4.74 Å². The molecule has 14 heavy (non-hydrogen) atoms. The van der Waals surface area contributed by atoms with Gasteiger partial charge in [0.05, 0.1) is 12.6 Å². The van der Waals surface area contributed by atoms with Gasteiger partial charge in [-0.3, -0.25) is 0 Å². The van der Waals surface area contributed by atoms with Crippen LogP contribution >= 0.6 is 15.9 Å². The van der Waals surface area contributed by atoms with Gasteiger partial charge in [0.1, 0.15) is 0 Å². The van der Waals surface area contributed by atoms with Crippen molar-refractivity contribution in [3.8, 4) is 0 Å². The van der Waals surface area contributed by atoms with Gasteiger partial charge in [0.2, 0.25) is 0 Å². The molecule has 1 aliphatic heterocycles. The Balaban J connectivity index is 2.11. The van der Waals surface area contributed by atoms with E-state index >= 15 is 0 Å². The van der Waals surface area contributed by atoms with E-state index in [1.165, 1.54) is 11.3 Å². The molecule has 1 fully saturated rings. The summed E-state index contributed by atoms with van der Waals surface area (Å²) in [6.45, 7) is 3.82. The highest BCUT2D eigenvalue weighted by Gasteiger charge is 2.15. The van der Waals surface area contributed by atoms with Crippen LogP contribution in [0.4, 0.5) is 5.69 Å². The van der Waals surface area contributed by atoms with Crippen LogP contribution in [-0.2, 0) is 4.74 Å². The second kappa shape index (κ2) is 4.32. The summed E-state index contributed by atoms with van der Waals surface area (Å²) in [7, 11) is 0. The lowest BCUT2D eigenvalue weighted by atomic mass is 10.1. The van der Waals surface area contributed by atoms with E-state index in [0.29, 0.717) is 6.04 Å². The second-order valence-electron chi connectivity index (χ2n) is 3.62. The van der Waals surface area contributed by atoms with Crippen molar-refractivity contribution in [2.45, 2.75) is 19.4 Å². The molecule has 1 aliphatic rings. The molecule has 2 rings (SSSR count). The van der Waals surface area contributed by atoms with Crippen LogP contribution in [0.25, 0.3) is 0 Å². The molecular formula is C11H14BrNO. The molecule has 1 unspecified atom stereocenters. The van der Waals surface area contributed by atoms with E-state index in [1.54, 1.807) is 0 Å². The van der Waals surface area contributed by atoms with Gasteiger partial charge < -0.3 is 10.1 Å². The molecular weight excluding hydrogens is 242 g/mol. The summed E-state index contributed by atoms with van der Waals surface area (Å²) in [5.74, 6) is 0.